The van der Waals surface area contributed by atoms with Gasteiger partial charge in [0.05, 0.1) is 48.0 Å². The third kappa shape index (κ3) is 7.09. The fraction of sp³-hybridized carbons (Fsp3) is 0.414. The minimum Gasteiger partial charge on any atom is -0.491 e. The molecule has 0 amide bonds. The number of benzene rings is 1. The summed E-state index contributed by atoms with van der Waals surface area (Å²) in [5, 5.41) is 13.4. The summed E-state index contributed by atoms with van der Waals surface area (Å²) in [5.74, 6) is -1.19. The molecule has 1 fully saturated rings. The van der Waals surface area contributed by atoms with Gasteiger partial charge >= 0.3 is 0 Å². The zero-order valence-electron chi connectivity index (χ0n) is 23.9. The van der Waals surface area contributed by atoms with Crippen LogP contribution in [-0.2, 0) is 21.0 Å². The van der Waals surface area contributed by atoms with Gasteiger partial charge in [0.2, 0.25) is 0 Å². The predicted octanol–water partition coefficient (Wildman–Crippen LogP) is 2.24. The number of hydrogen-bond donors (Lipinski definition) is 2. The van der Waals surface area contributed by atoms with E-state index in [4.69, 9.17) is 20.3 Å². The van der Waals surface area contributed by atoms with Gasteiger partial charge in [-0.2, -0.15) is 5.10 Å². The van der Waals surface area contributed by atoms with Crippen LogP contribution in [0.4, 0.5) is 14.5 Å². The number of nitrogens with two attached hydrogens (primary N) is 1. The Morgan fingerprint density at radius 2 is 1.88 bits per heavy atom. The van der Waals surface area contributed by atoms with E-state index in [1.807, 2.05) is 13.0 Å². The van der Waals surface area contributed by atoms with Crippen LogP contribution in [-0.4, -0.2) is 90.2 Å². The molecule has 0 bridgehead atoms. The first kappa shape index (κ1) is 30.7. The Labute approximate surface area is 248 Å². The van der Waals surface area contributed by atoms with Gasteiger partial charge in [-0.15, -0.1) is 0 Å². The predicted molar refractivity (Wildman–Crippen MR) is 157 cm³/mol. The van der Waals surface area contributed by atoms with Gasteiger partial charge in [0.1, 0.15) is 39.7 Å². The first-order chi connectivity index (χ1) is 20.5. The lowest BCUT2D eigenvalue weighted by atomic mass is 9.91. The maximum Gasteiger partial charge on any atom is 0.149 e. The van der Waals surface area contributed by atoms with Crippen LogP contribution < -0.4 is 15.4 Å². The molecule has 3 aromatic heterocycles. The molecule has 0 radical (unpaired) electrons. The number of anilines is 1. The molecule has 1 saturated heterocycles. The Kier molecular flexibility index (Phi) is 9.20. The standard InChI is InChI=1S/C29H34F2N6O5S/c1-18-16-36(17-24(32)29(18)42-9-10-43(2,39)40)26-5-6-33-14-19(26)11-27-34-15-20-3-4-25(35-37(20)27)28-22(30)12-21(13-23(28)31)41-8-7-38/h3-6,12-15,18,24,29,38H,7-11,16-17,32H2,1-2H3/t18-,24+,29-/m0/s1. The summed E-state index contributed by atoms with van der Waals surface area (Å²) >= 11 is 0. The molecule has 1 aliphatic rings. The third-order valence-corrected chi connectivity index (χ3v) is 8.25. The van der Waals surface area contributed by atoms with Crippen LogP contribution in [0.5, 0.6) is 5.75 Å². The number of imidazole rings is 1. The van der Waals surface area contributed by atoms with Gasteiger partial charge < -0.3 is 25.2 Å². The van der Waals surface area contributed by atoms with Crippen LogP contribution in [0.25, 0.3) is 16.8 Å². The molecule has 3 atom stereocenters. The van der Waals surface area contributed by atoms with Gasteiger partial charge in [-0.05, 0) is 18.2 Å². The number of aliphatic hydroxyl groups excluding tert-OH is 1. The van der Waals surface area contributed by atoms with Crippen molar-refractivity contribution < 1.29 is 31.8 Å². The van der Waals surface area contributed by atoms with Gasteiger partial charge in [0, 0.05) is 73.5 Å². The summed E-state index contributed by atoms with van der Waals surface area (Å²) in [6, 6.07) is 6.89. The van der Waals surface area contributed by atoms with E-state index in [0.29, 0.717) is 30.9 Å². The van der Waals surface area contributed by atoms with Crippen molar-refractivity contribution in [1.29, 1.82) is 0 Å². The zero-order chi connectivity index (χ0) is 30.7. The number of aliphatic hydroxyl groups is 1. The molecular formula is C29H34F2N6O5S. The summed E-state index contributed by atoms with van der Waals surface area (Å²) in [6.45, 7) is 2.88. The van der Waals surface area contributed by atoms with Gasteiger partial charge in [0.25, 0.3) is 0 Å². The molecule has 0 spiro atoms. The monoisotopic (exact) mass is 616 g/mol. The number of rotatable bonds is 11. The number of piperidine rings is 1. The van der Waals surface area contributed by atoms with E-state index in [-0.39, 0.29) is 60.6 Å². The van der Waals surface area contributed by atoms with Crippen molar-refractivity contribution in [3.8, 4) is 17.0 Å². The van der Waals surface area contributed by atoms with E-state index in [1.165, 1.54) is 12.3 Å². The number of pyridine rings is 1. The van der Waals surface area contributed by atoms with Gasteiger partial charge in [-0.3, -0.25) is 4.98 Å². The number of nitrogens with zero attached hydrogens (tertiary/aromatic N) is 5. The lowest BCUT2D eigenvalue weighted by molar-refractivity contribution is 0.00179. The number of fused-ring (bicyclic) bond motifs is 1. The summed E-state index contributed by atoms with van der Waals surface area (Å²) in [6.07, 6.45) is 6.31. The van der Waals surface area contributed by atoms with E-state index in [0.717, 1.165) is 23.4 Å². The maximum absolute atomic E-state index is 15.0. The highest BCUT2D eigenvalue weighted by molar-refractivity contribution is 7.90. The molecule has 4 heterocycles. The summed E-state index contributed by atoms with van der Waals surface area (Å²) < 4.78 is 65.5. The smallest absolute Gasteiger partial charge is 0.149 e. The molecule has 11 nitrogen and oxygen atoms in total. The molecule has 3 N–H and O–H groups in total. The fourth-order valence-electron chi connectivity index (χ4n) is 5.39. The second kappa shape index (κ2) is 12.9. The number of halogens is 2. The molecule has 0 saturated carbocycles. The first-order valence-corrected chi connectivity index (χ1v) is 15.9. The number of sulfone groups is 1. The van der Waals surface area contributed by atoms with Crippen molar-refractivity contribution in [2.45, 2.75) is 25.5 Å². The number of hydrogen-bond acceptors (Lipinski definition) is 10. The van der Waals surface area contributed by atoms with Gasteiger partial charge in [-0.1, -0.05) is 6.92 Å². The van der Waals surface area contributed by atoms with Gasteiger partial charge in [0.15, 0.2) is 0 Å². The highest BCUT2D eigenvalue weighted by Crippen LogP contribution is 2.31. The minimum atomic E-state index is -3.13. The van der Waals surface area contributed by atoms with E-state index in [1.54, 1.807) is 29.2 Å². The molecule has 230 valence electrons. The number of aromatic nitrogens is 4. The molecular weight excluding hydrogens is 582 g/mol. The number of ether oxygens (including phenoxy) is 2. The molecule has 0 aliphatic carbocycles. The highest BCUT2D eigenvalue weighted by Gasteiger charge is 2.34. The third-order valence-electron chi connectivity index (χ3n) is 7.34. The first-order valence-electron chi connectivity index (χ1n) is 13.8. The average Bonchev–Trinajstić information content (AvgIpc) is 3.34. The van der Waals surface area contributed by atoms with Crippen molar-refractivity contribution in [3.63, 3.8) is 0 Å². The van der Waals surface area contributed by atoms with E-state index >= 15 is 0 Å². The van der Waals surface area contributed by atoms with Crippen LogP contribution in [0, 0.1) is 17.6 Å². The molecule has 1 aromatic carbocycles. The molecule has 0 unspecified atom stereocenters. The molecule has 43 heavy (non-hydrogen) atoms. The van der Waals surface area contributed by atoms with E-state index in [9.17, 15) is 17.2 Å². The quantitative estimate of drug-likeness (QED) is 0.257. The Bertz CT molecular complexity index is 1670. The SMILES string of the molecule is C[C@H]1CN(c2ccncc2Cc2ncc3ccc(-c4c(F)cc(OCCO)cc4F)nn23)C[C@@H](N)[C@H]1OCCS(C)(=O)=O. The summed E-state index contributed by atoms with van der Waals surface area (Å²) in [4.78, 5) is 11.0. The summed E-state index contributed by atoms with van der Waals surface area (Å²) in [5.41, 5.74) is 8.70. The van der Waals surface area contributed by atoms with Crippen molar-refractivity contribution in [3.05, 3.63) is 71.9 Å². The molecule has 14 heteroatoms. The average molecular weight is 617 g/mol. The largest absolute Gasteiger partial charge is 0.491 e. The second-order valence-corrected chi connectivity index (χ2v) is 13.0. The Morgan fingerprint density at radius 1 is 1.12 bits per heavy atom. The van der Waals surface area contributed by atoms with Crippen LogP contribution >= 0.6 is 0 Å². The lowest BCUT2D eigenvalue weighted by Gasteiger charge is -2.42. The minimum absolute atomic E-state index is 0.0279. The highest BCUT2D eigenvalue weighted by atomic mass is 32.2. The molecule has 4 aromatic rings. The van der Waals surface area contributed by atoms with Crippen molar-refractivity contribution in [2.75, 3.05) is 49.8 Å². The van der Waals surface area contributed by atoms with Crippen LogP contribution in [0.2, 0.25) is 0 Å². The van der Waals surface area contributed by atoms with Crippen LogP contribution in [0.1, 0.15) is 18.3 Å². The normalized spacial score (nSPS) is 19.2. The Morgan fingerprint density at radius 3 is 2.58 bits per heavy atom. The summed E-state index contributed by atoms with van der Waals surface area (Å²) in [7, 11) is -3.13. The Balaban J connectivity index is 1.37. The second-order valence-electron chi connectivity index (χ2n) is 10.8. The fourth-order valence-corrected chi connectivity index (χ4v) is 5.79. The maximum atomic E-state index is 15.0. The van der Waals surface area contributed by atoms with Gasteiger partial charge in [-0.25, -0.2) is 26.7 Å². The van der Waals surface area contributed by atoms with Crippen LogP contribution in [0.15, 0.2) is 48.9 Å². The van der Waals surface area contributed by atoms with Crippen molar-refractivity contribution in [1.82, 2.24) is 19.6 Å². The van der Waals surface area contributed by atoms with Crippen molar-refractivity contribution in [2.24, 2.45) is 11.7 Å². The molecule has 1 aliphatic heterocycles. The van der Waals surface area contributed by atoms with E-state index in [2.05, 4.69) is 20.0 Å². The van der Waals surface area contributed by atoms with E-state index < -0.39 is 21.5 Å². The zero-order valence-corrected chi connectivity index (χ0v) is 24.7. The van der Waals surface area contributed by atoms with Crippen molar-refractivity contribution >= 4 is 21.0 Å². The lowest BCUT2D eigenvalue weighted by Crippen LogP contribution is -2.57. The Hall–Kier alpha value is -3.72. The topological polar surface area (TPSA) is 145 Å². The molecule has 5 rings (SSSR count). The van der Waals surface area contributed by atoms with Crippen LogP contribution in [0.3, 0.4) is 0 Å².